The van der Waals surface area contributed by atoms with E-state index in [1.54, 1.807) is 29.1 Å². The summed E-state index contributed by atoms with van der Waals surface area (Å²) in [5.41, 5.74) is 2.52. The summed E-state index contributed by atoms with van der Waals surface area (Å²) in [6, 6.07) is 15.0. The maximum atomic E-state index is 12.1. The van der Waals surface area contributed by atoms with Crippen molar-refractivity contribution in [2.45, 2.75) is 13.0 Å². The van der Waals surface area contributed by atoms with Gasteiger partial charge in [0.15, 0.2) is 0 Å². The average molecular weight is 360 g/mol. The molecule has 0 spiro atoms. The number of carbonyl (C=O) groups is 1. The lowest BCUT2D eigenvalue weighted by atomic mass is 10.1. The molecule has 1 amide bonds. The molecule has 0 aliphatic rings. The van der Waals surface area contributed by atoms with Crippen LogP contribution in [0.1, 0.15) is 11.1 Å². The highest BCUT2D eigenvalue weighted by atomic mass is 35.5. The molecule has 0 saturated heterocycles. The summed E-state index contributed by atoms with van der Waals surface area (Å²) in [7, 11) is 0. The molecule has 0 atom stereocenters. The van der Waals surface area contributed by atoms with E-state index >= 15 is 0 Å². The summed E-state index contributed by atoms with van der Waals surface area (Å²) in [6.07, 6.45) is 3.76. The normalized spacial score (nSPS) is 10.6. The van der Waals surface area contributed by atoms with Crippen LogP contribution in [0.2, 0.25) is 10.0 Å². The zero-order valence-corrected chi connectivity index (χ0v) is 14.3. The van der Waals surface area contributed by atoms with E-state index in [2.05, 4.69) is 10.4 Å². The van der Waals surface area contributed by atoms with Gasteiger partial charge < -0.3 is 5.32 Å². The van der Waals surface area contributed by atoms with Crippen LogP contribution in [0, 0.1) is 0 Å². The van der Waals surface area contributed by atoms with Gasteiger partial charge in [0.25, 0.3) is 0 Å². The predicted molar refractivity (Wildman–Crippen MR) is 95.6 cm³/mol. The van der Waals surface area contributed by atoms with Crippen LogP contribution in [0.15, 0.2) is 60.9 Å². The van der Waals surface area contributed by atoms with Gasteiger partial charge in [0, 0.05) is 28.4 Å². The third-order valence-corrected chi connectivity index (χ3v) is 4.25. The van der Waals surface area contributed by atoms with Gasteiger partial charge >= 0.3 is 0 Å². The second-order valence-electron chi connectivity index (χ2n) is 5.28. The molecule has 0 aliphatic carbocycles. The first-order chi connectivity index (χ1) is 11.6. The van der Waals surface area contributed by atoms with Crippen LogP contribution >= 0.6 is 23.2 Å². The van der Waals surface area contributed by atoms with Crippen LogP contribution in [0.25, 0.3) is 5.69 Å². The van der Waals surface area contributed by atoms with Crippen molar-refractivity contribution in [2.24, 2.45) is 0 Å². The monoisotopic (exact) mass is 359 g/mol. The molecule has 6 heteroatoms. The van der Waals surface area contributed by atoms with E-state index in [9.17, 15) is 4.79 Å². The molecule has 1 N–H and O–H groups in total. The first-order valence-electron chi connectivity index (χ1n) is 7.42. The highest BCUT2D eigenvalue weighted by Crippen LogP contribution is 2.24. The standard InChI is InChI=1S/C18H15Cl2N3O/c19-16-7-4-8-17(20)15(16)9-18(24)21-10-13-11-22-23(12-13)14-5-2-1-3-6-14/h1-8,11-12H,9-10H2,(H,21,24). The molecule has 2 aromatic carbocycles. The fourth-order valence-electron chi connectivity index (χ4n) is 2.30. The Kier molecular flexibility index (Phi) is 5.18. The number of benzene rings is 2. The average Bonchev–Trinajstić information content (AvgIpc) is 3.06. The molecule has 4 nitrogen and oxygen atoms in total. The number of nitrogens with one attached hydrogen (secondary N) is 1. The topological polar surface area (TPSA) is 46.9 Å². The molecule has 0 saturated carbocycles. The van der Waals surface area contributed by atoms with Gasteiger partial charge in [-0.1, -0.05) is 47.5 Å². The molecular weight excluding hydrogens is 345 g/mol. The zero-order valence-electron chi connectivity index (χ0n) is 12.7. The minimum Gasteiger partial charge on any atom is -0.352 e. The van der Waals surface area contributed by atoms with Crippen molar-refractivity contribution in [3.05, 3.63) is 82.1 Å². The van der Waals surface area contributed by atoms with E-state index in [4.69, 9.17) is 23.2 Å². The van der Waals surface area contributed by atoms with Crippen LogP contribution in [0.4, 0.5) is 0 Å². The first kappa shape index (κ1) is 16.6. The molecule has 0 radical (unpaired) electrons. The molecule has 0 fully saturated rings. The highest BCUT2D eigenvalue weighted by molar-refractivity contribution is 6.36. The lowest BCUT2D eigenvalue weighted by molar-refractivity contribution is -0.120. The fraction of sp³-hybridized carbons (Fsp3) is 0.111. The molecule has 24 heavy (non-hydrogen) atoms. The lowest BCUT2D eigenvalue weighted by Gasteiger charge is -2.07. The van der Waals surface area contributed by atoms with Crippen LogP contribution in [-0.2, 0) is 17.8 Å². The van der Waals surface area contributed by atoms with E-state index in [1.165, 1.54) is 0 Å². The summed E-state index contributed by atoms with van der Waals surface area (Å²) in [5, 5.41) is 8.15. The van der Waals surface area contributed by atoms with Crippen molar-refractivity contribution in [3.8, 4) is 5.69 Å². The Morgan fingerprint density at radius 3 is 2.46 bits per heavy atom. The molecule has 1 aromatic heterocycles. The Labute approximate surface area is 150 Å². The number of aromatic nitrogens is 2. The van der Waals surface area contributed by atoms with Crippen LogP contribution < -0.4 is 5.32 Å². The third-order valence-electron chi connectivity index (χ3n) is 3.55. The van der Waals surface area contributed by atoms with Crippen molar-refractivity contribution in [3.63, 3.8) is 0 Å². The highest BCUT2D eigenvalue weighted by Gasteiger charge is 2.11. The van der Waals surface area contributed by atoms with Gasteiger partial charge in [0.05, 0.1) is 18.3 Å². The smallest absolute Gasteiger partial charge is 0.224 e. The van der Waals surface area contributed by atoms with Crippen LogP contribution in [0.5, 0.6) is 0 Å². The Hall–Kier alpha value is -2.30. The number of para-hydroxylation sites is 1. The molecule has 3 rings (SSSR count). The third kappa shape index (κ3) is 3.96. The molecule has 0 bridgehead atoms. The summed E-state index contributed by atoms with van der Waals surface area (Å²) in [4.78, 5) is 12.1. The second-order valence-corrected chi connectivity index (χ2v) is 6.10. The molecule has 122 valence electrons. The number of carbonyl (C=O) groups excluding carboxylic acids is 1. The van der Waals surface area contributed by atoms with Crippen molar-refractivity contribution in [1.82, 2.24) is 15.1 Å². The number of hydrogen-bond acceptors (Lipinski definition) is 2. The molecule has 0 unspecified atom stereocenters. The van der Waals surface area contributed by atoms with E-state index in [0.29, 0.717) is 22.2 Å². The summed E-state index contributed by atoms with van der Waals surface area (Å²) in [5.74, 6) is -0.141. The van der Waals surface area contributed by atoms with E-state index < -0.39 is 0 Å². The second kappa shape index (κ2) is 7.51. The van der Waals surface area contributed by atoms with Crippen molar-refractivity contribution in [1.29, 1.82) is 0 Å². The molecule has 3 aromatic rings. The molecular formula is C18H15Cl2N3O. The number of nitrogens with zero attached hydrogens (tertiary/aromatic N) is 2. The quantitative estimate of drug-likeness (QED) is 0.747. The van der Waals surface area contributed by atoms with Gasteiger partial charge in [-0.3, -0.25) is 4.79 Å². The Morgan fingerprint density at radius 2 is 1.75 bits per heavy atom. The SMILES string of the molecule is O=C(Cc1c(Cl)cccc1Cl)NCc1cnn(-c2ccccc2)c1. The van der Waals surface area contributed by atoms with Gasteiger partial charge in [0.1, 0.15) is 0 Å². The predicted octanol–water partition coefficient (Wildman–Crippen LogP) is 4.04. The molecule has 1 heterocycles. The molecule has 0 aliphatic heterocycles. The van der Waals surface area contributed by atoms with Gasteiger partial charge in [0.2, 0.25) is 5.91 Å². The van der Waals surface area contributed by atoms with Crippen LogP contribution in [0.3, 0.4) is 0 Å². The number of rotatable bonds is 5. The fourth-order valence-corrected chi connectivity index (χ4v) is 2.83. The summed E-state index contributed by atoms with van der Waals surface area (Å²) < 4.78 is 1.77. The Bertz CT molecular complexity index is 826. The Balaban J connectivity index is 1.60. The summed E-state index contributed by atoms with van der Waals surface area (Å²) >= 11 is 12.2. The minimum absolute atomic E-state index is 0.141. The number of halogens is 2. The maximum Gasteiger partial charge on any atom is 0.224 e. The minimum atomic E-state index is -0.141. The van der Waals surface area contributed by atoms with Crippen molar-refractivity contribution in [2.75, 3.05) is 0 Å². The van der Waals surface area contributed by atoms with Crippen LogP contribution in [-0.4, -0.2) is 15.7 Å². The Morgan fingerprint density at radius 1 is 1.04 bits per heavy atom. The van der Waals surface area contributed by atoms with Crippen molar-refractivity contribution >= 4 is 29.1 Å². The van der Waals surface area contributed by atoms with Gasteiger partial charge in [-0.15, -0.1) is 0 Å². The van der Waals surface area contributed by atoms with Gasteiger partial charge in [-0.2, -0.15) is 5.10 Å². The lowest BCUT2D eigenvalue weighted by Crippen LogP contribution is -2.24. The van der Waals surface area contributed by atoms with Crippen molar-refractivity contribution < 1.29 is 4.79 Å². The van der Waals surface area contributed by atoms with E-state index in [1.807, 2.05) is 36.5 Å². The number of hydrogen-bond donors (Lipinski definition) is 1. The van der Waals surface area contributed by atoms with Gasteiger partial charge in [-0.05, 0) is 29.8 Å². The van der Waals surface area contributed by atoms with E-state index in [-0.39, 0.29) is 12.3 Å². The zero-order chi connectivity index (χ0) is 16.9. The van der Waals surface area contributed by atoms with E-state index in [0.717, 1.165) is 11.3 Å². The first-order valence-corrected chi connectivity index (χ1v) is 8.17. The number of amides is 1. The maximum absolute atomic E-state index is 12.1. The van der Waals surface area contributed by atoms with Gasteiger partial charge in [-0.25, -0.2) is 4.68 Å². The largest absolute Gasteiger partial charge is 0.352 e. The summed E-state index contributed by atoms with van der Waals surface area (Å²) in [6.45, 7) is 0.397.